The second-order valence-electron chi connectivity index (χ2n) is 8.33. The zero-order chi connectivity index (χ0) is 21.9. The fraction of sp³-hybridized carbons (Fsp3) is 0.542. The van der Waals surface area contributed by atoms with Gasteiger partial charge in [0.15, 0.2) is 5.96 Å². The molecular weight excluding hydrogens is 390 g/mol. The molecule has 0 radical (unpaired) electrons. The van der Waals surface area contributed by atoms with Gasteiger partial charge in [0.2, 0.25) is 0 Å². The molecule has 0 aliphatic carbocycles. The zero-order valence-corrected chi connectivity index (χ0v) is 18.9. The summed E-state index contributed by atoms with van der Waals surface area (Å²) in [7, 11) is 0. The summed E-state index contributed by atoms with van der Waals surface area (Å²) >= 11 is 0. The smallest absolute Gasteiger partial charge is 0.191 e. The summed E-state index contributed by atoms with van der Waals surface area (Å²) in [6.45, 7) is 12.2. The van der Waals surface area contributed by atoms with Gasteiger partial charge in [0.05, 0.1) is 12.8 Å². The molecule has 0 saturated carbocycles. The van der Waals surface area contributed by atoms with Crippen LogP contribution >= 0.6 is 0 Å². The second kappa shape index (κ2) is 11.9. The molecule has 1 unspecified atom stereocenters. The fourth-order valence-corrected chi connectivity index (χ4v) is 3.76. The van der Waals surface area contributed by atoms with Crippen LogP contribution in [0.3, 0.4) is 0 Å². The van der Waals surface area contributed by atoms with Gasteiger partial charge >= 0.3 is 0 Å². The lowest BCUT2D eigenvalue weighted by molar-refractivity contribution is 0.0437. The van der Waals surface area contributed by atoms with Crippen LogP contribution in [0.15, 0.2) is 58.1 Å². The maximum Gasteiger partial charge on any atom is 0.191 e. The van der Waals surface area contributed by atoms with Gasteiger partial charge in [0.25, 0.3) is 0 Å². The Hall–Kier alpha value is -2.35. The summed E-state index contributed by atoms with van der Waals surface area (Å²) in [4.78, 5) is 9.61. The van der Waals surface area contributed by atoms with Crippen LogP contribution in [0.4, 0.5) is 0 Å². The number of guanidine groups is 1. The van der Waals surface area contributed by atoms with Gasteiger partial charge in [0, 0.05) is 45.8 Å². The van der Waals surface area contributed by atoms with Crippen LogP contribution in [-0.2, 0) is 12.1 Å². The third kappa shape index (κ3) is 7.69. The number of aliphatic imine (C=N–C) groups is 1. The first-order valence-corrected chi connectivity index (χ1v) is 11.3. The van der Waals surface area contributed by atoms with Gasteiger partial charge in [-0.1, -0.05) is 30.3 Å². The molecule has 1 aliphatic heterocycles. The quantitative estimate of drug-likeness (QED) is 0.307. The monoisotopic (exact) mass is 427 g/mol. The molecule has 0 bridgehead atoms. The Morgan fingerprint density at radius 3 is 2.48 bits per heavy atom. The number of hydrogen-bond acceptors (Lipinski definition) is 5. The van der Waals surface area contributed by atoms with E-state index in [1.165, 1.54) is 5.56 Å². The van der Waals surface area contributed by atoms with Gasteiger partial charge < -0.3 is 25.1 Å². The Balaban J connectivity index is 1.35. The average molecular weight is 428 g/mol. The standard InChI is InChI=1S/C24H37N5O2/c1-3-25-23(27-20-24(2,30)22-11-7-18-31-22)26-12-8-13-28-14-16-29(17-15-28)19-21-9-5-4-6-10-21/h4-7,9-11,18,30H,3,8,12-17,19-20H2,1-2H3,(H2,25,26,27). The van der Waals surface area contributed by atoms with Gasteiger partial charge in [-0.15, -0.1) is 0 Å². The largest absolute Gasteiger partial charge is 0.466 e. The molecule has 1 saturated heterocycles. The molecule has 2 heterocycles. The van der Waals surface area contributed by atoms with Crippen LogP contribution in [0, 0.1) is 0 Å². The lowest BCUT2D eigenvalue weighted by atomic mass is 10.0. The van der Waals surface area contributed by atoms with Crippen LogP contribution in [0.1, 0.15) is 31.6 Å². The van der Waals surface area contributed by atoms with Crippen molar-refractivity contribution < 1.29 is 9.52 Å². The molecule has 7 heteroatoms. The maximum absolute atomic E-state index is 10.6. The first-order chi connectivity index (χ1) is 15.1. The lowest BCUT2D eigenvalue weighted by Crippen LogP contribution is -2.46. The molecule has 0 amide bonds. The highest BCUT2D eigenvalue weighted by Crippen LogP contribution is 2.21. The van der Waals surface area contributed by atoms with E-state index in [1.54, 1.807) is 25.3 Å². The van der Waals surface area contributed by atoms with Crippen LogP contribution in [0.5, 0.6) is 0 Å². The van der Waals surface area contributed by atoms with Crippen molar-refractivity contribution in [1.82, 2.24) is 20.4 Å². The number of nitrogens with zero attached hydrogens (tertiary/aromatic N) is 3. The minimum Gasteiger partial charge on any atom is -0.466 e. The molecule has 0 spiro atoms. The minimum absolute atomic E-state index is 0.235. The van der Waals surface area contributed by atoms with E-state index >= 15 is 0 Å². The molecule has 1 aromatic heterocycles. The number of furan rings is 1. The number of rotatable bonds is 10. The van der Waals surface area contributed by atoms with E-state index in [2.05, 4.69) is 55.8 Å². The van der Waals surface area contributed by atoms with Crippen molar-refractivity contribution in [3.8, 4) is 0 Å². The van der Waals surface area contributed by atoms with E-state index in [9.17, 15) is 5.11 Å². The Bertz CT molecular complexity index is 769. The van der Waals surface area contributed by atoms with E-state index in [-0.39, 0.29) is 6.54 Å². The van der Waals surface area contributed by atoms with E-state index in [0.717, 1.165) is 64.7 Å². The van der Waals surface area contributed by atoms with Crippen molar-refractivity contribution >= 4 is 5.96 Å². The molecular formula is C24H37N5O2. The van der Waals surface area contributed by atoms with Gasteiger partial charge in [-0.2, -0.15) is 0 Å². The second-order valence-corrected chi connectivity index (χ2v) is 8.33. The van der Waals surface area contributed by atoms with Gasteiger partial charge in [-0.25, -0.2) is 4.99 Å². The van der Waals surface area contributed by atoms with E-state index < -0.39 is 5.60 Å². The highest BCUT2D eigenvalue weighted by Gasteiger charge is 2.26. The SMILES string of the molecule is CCNC(=NCC(C)(O)c1ccco1)NCCCN1CCN(Cc2ccccc2)CC1. The molecule has 1 aromatic carbocycles. The van der Waals surface area contributed by atoms with Crippen molar-refractivity contribution in [3.05, 3.63) is 60.1 Å². The molecule has 3 N–H and O–H groups in total. The molecule has 31 heavy (non-hydrogen) atoms. The van der Waals surface area contributed by atoms with E-state index in [4.69, 9.17) is 4.42 Å². The molecule has 1 fully saturated rings. The topological polar surface area (TPSA) is 76.3 Å². The van der Waals surface area contributed by atoms with Crippen molar-refractivity contribution in [3.63, 3.8) is 0 Å². The van der Waals surface area contributed by atoms with Crippen LogP contribution in [0.25, 0.3) is 0 Å². The summed E-state index contributed by atoms with van der Waals surface area (Å²) < 4.78 is 5.33. The zero-order valence-electron chi connectivity index (χ0n) is 18.9. The number of benzene rings is 1. The molecule has 2 aromatic rings. The molecule has 3 rings (SSSR count). The molecule has 1 aliphatic rings. The highest BCUT2D eigenvalue weighted by atomic mass is 16.4. The van der Waals surface area contributed by atoms with Crippen LogP contribution in [0.2, 0.25) is 0 Å². The highest BCUT2D eigenvalue weighted by molar-refractivity contribution is 5.79. The summed E-state index contributed by atoms with van der Waals surface area (Å²) in [6.07, 6.45) is 2.62. The number of hydrogen-bond donors (Lipinski definition) is 3. The summed E-state index contributed by atoms with van der Waals surface area (Å²) in [5, 5.41) is 17.2. The van der Waals surface area contributed by atoms with E-state index in [0.29, 0.717) is 5.76 Å². The summed E-state index contributed by atoms with van der Waals surface area (Å²) in [6, 6.07) is 14.3. The van der Waals surface area contributed by atoms with Crippen LogP contribution in [-0.4, -0.2) is 73.2 Å². The third-order valence-corrected chi connectivity index (χ3v) is 5.60. The fourth-order valence-electron chi connectivity index (χ4n) is 3.76. The number of piperazine rings is 1. The average Bonchev–Trinajstić information content (AvgIpc) is 3.33. The molecule has 7 nitrogen and oxygen atoms in total. The Morgan fingerprint density at radius 1 is 1.06 bits per heavy atom. The van der Waals surface area contributed by atoms with Gasteiger partial charge in [-0.3, -0.25) is 4.90 Å². The molecule has 170 valence electrons. The first-order valence-electron chi connectivity index (χ1n) is 11.3. The van der Waals surface area contributed by atoms with Crippen molar-refractivity contribution in [2.45, 2.75) is 32.4 Å². The predicted octanol–water partition coefficient (Wildman–Crippen LogP) is 2.25. The number of aliphatic hydroxyl groups is 1. The first kappa shape index (κ1) is 23.3. The lowest BCUT2D eigenvalue weighted by Gasteiger charge is -2.34. The number of nitrogens with one attached hydrogen (secondary N) is 2. The maximum atomic E-state index is 10.6. The van der Waals surface area contributed by atoms with Crippen molar-refractivity contribution in [2.24, 2.45) is 4.99 Å². The third-order valence-electron chi connectivity index (χ3n) is 5.60. The summed E-state index contributed by atoms with van der Waals surface area (Å²) in [5.74, 6) is 1.25. The Labute approximate surface area is 186 Å². The predicted molar refractivity (Wildman–Crippen MR) is 125 cm³/mol. The van der Waals surface area contributed by atoms with E-state index in [1.807, 2.05) is 6.92 Å². The van der Waals surface area contributed by atoms with Crippen molar-refractivity contribution in [1.29, 1.82) is 0 Å². The van der Waals surface area contributed by atoms with Crippen LogP contribution < -0.4 is 10.6 Å². The Morgan fingerprint density at radius 2 is 1.81 bits per heavy atom. The minimum atomic E-state index is -1.12. The van der Waals surface area contributed by atoms with Gasteiger partial charge in [0.1, 0.15) is 11.4 Å². The normalized spacial score (nSPS) is 18.0. The Kier molecular flexibility index (Phi) is 8.94. The molecule has 1 atom stereocenters. The summed E-state index contributed by atoms with van der Waals surface area (Å²) in [5.41, 5.74) is 0.270. The van der Waals surface area contributed by atoms with Gasteiger partial charge in [-0.05, 0) is 44.5 Å². The van der Waals surface area contributed by atoms with Crippen molar-refractivity contribution in [2.75, 3.05) is 52.4 Å².